The van der Waals surface area contributed by atoms with Gasteiger partial charge in [0.25, 0.3) is 0 Å². The number of carbonyl (C=O) groups excluding carboxylic acids is 1. The van der Waals surface area contributed by atoms with Gasteiger partial charge in [-0.05, 0) is 57.8 Å². The third-order valence-electron chi connectivity index (χ3n) is 12.0. The second kappa shape index (κ2) is 37.6. The van der Waals surface area contributed by atoms with E-state index in [9.17, 15) is 45.6 Å². The molecule has 12 atom stereocenters. The molecule has 14 heteroatoms. The van der Waals surface area contributed by atoms with Crippen LogP contribution >= 0.6 is 0 Å². The van der Waals surface area contributed by atoms with Gasteiger partial charge in [-0.25, -0.2) is 0 Å². The van der Waals surface area contributed by atoms with E-state index in [1.54, 1.807) is 6.08 Å². The molecule has 0 aromatic carbocycles. The molecule has 0 aromatic rings. The molecule has 0 radical (unpaired) electrons. The van der Waals surface area contributed by atoms with Crippen LogP contribution in [0, 0.1) is 0 Å². The first-order chi connectivity index (χ1) is 31.6. The van der Waals surface area contributed by atoms with Crippen molar-refractivity contribution in [3.05, 3.63) is 60.8 Å². The van der Waals surface area contributed by atoms with Crippen molar-refractivity contribution in [1.82, 2.24) is 5.32 Å². The molecule has 65 heavy (non-hydrogen) atoms. The number of unbranched alkanes of at least 4 members (excludes halogenated alkanes) is 16. The van der Waals surface area contributed by atoms with Gasteiger partial charge in [0, 0.05) is 6.42 Å². The van der Waals surface area contributed by atoms with E-state index in [1.165, 1.54) is 77.0 Å². The summed E-state index contributed by atoms with van der Waals surface area (Å²) in [6.07, 6.45) is 28.3. The molecule has 2 aliphatic rings. The molecule has 2 saturated heterocycles. The van der Waals surface area contributed by atoms with Crippen molar-refractivity contribution >= 4 is 5.91 Å². The van der Waals surface area contributed by atoms with Crippen LogP contribution in [0.2, 0.25) is 0 Å². The molecule has 9 N–H and O–H groups in total. The maximum Gasteiger partial charge on any atom is 0.220 e. The third-order valence-corrected chi connectivity index (χ3v) is 12.0. The Morgan fingerprint density at radius 2 is 1.06 bits per heavy atom. The predicted octanol–water partition coefficient (Wildman–Crippen LogP) is 6.27. The van der Waals surface area contributed by atoms with Crippen LogP contribution in [-0.4, -0.2) is 140 Å². The largest absolute Gasteiger partial charge is 0.394 e. The van der Waals surface area contributed by atoms with Crippen LogP contribution in [0.3, 0.4) is 0 Å². The zero-order valence-corrected chi connectivity index (χ0v) is 39.7. The summed E-state index contributed by atoms with van der Waals surface area (Å²) in [5.41, 5.74) is 0. The summed E-state index contributed by atoms with van der Waals surface area (Å²) in [5.74, 6) is -0.283. The Hall–Kier alpha value is -2.31. The van der Waals surface area contributed by atoms with E-state index in [1.807, 2.05) is 6.08 Å². The first-order valence-corrected chi connectivity index (χ1v) is 25.0. The second-order valence-electron chi connectivity index (χ2n) is 17.6. The molecular formula is C51H89NO13. The lowest BCUT2D eigenvalue weighted by molar-refractivity contribution is -0.359. The van der Waals surface area contributed by atoms with Gasteiger partial charge in [-0.15, -0.1) is 0 Å². The molecule has 0 aromatic heterocycles. The molecule has 2 heterocycles. The minimum absolute atomic E-state index is 0.227. The van der Waals surface area contributed by atoms with Crippen molar-refractivity contribution in [2.75, 3.05) is 19.8 Å². The zero-order chi connectivity index (χ0) is 47.5. The standard InChI is InChI=1S/C51H89NO13/c1-3-5-7-9-11-13-15-17-19-21-22-24-26-28-30-32-34-40(55)39(52-43(56)35-33-31-29-27-25-23-20-18-16-14-12-10-8-6-4-2)38-62-50-48(61)46(59)49(42(37-54)64-50)65-51-47(60)45(58)44(57)41(36-53)63-51/h6,8,12,14,18,20,25,27,32,34,39-42,44-51,53-55,57-61H,3-5,7,9-11,13,15-17,19,21-24,26,28-31,33,35-38H2,1-2H3,(H,52,56)/b8-6-,14-12-,20-18-,27-25-,34-32+. The molecule has 14 nitrogen and oxygen atoms in total. The van der Waals surface area contributed by atoms with Crippen molar-refractivity contribution in [2.24, 2.45) is 0 Å². The number of hydrogen-bond donors (Lipinski definition) is 9. The van der Waals surface area contributed by atoms with E-state index in [2.05, 4.69) is 67.8 Å². The van der Waals surface area contributed by atoms with Crippen molar-refractivity contribution in [2.45, 2.75) is 235 Å². The predicted molar refractivity (Wildman–Crippen MR) is 254 cm³/mol. The zero-order valence-electron chi connectivity index (χ0n) is 39.7. The lowest BCUT2D eigenvalue weighted by atomic mass is 9.97. The summed E-state index contributed by atoms with van der Waals surface area (Å²) in [5, 5.41) is 86.7. The smallest absolute Gasteiger partial charge is 0.220 e. The molecule has 2 fully saturated rings. The van der Waals surface area contributed by atoms with Crippen LogP contribution in [0.25, 0.3) is 0 Å². The third kappa shape index (κ3) is 25.0. The molecule has 2 rings (SSSR count). The molecule has 1 amide bonds. The van der Waals surface area contributed by atoms with Crippen molar-refractivity contribution in [3.63, 3.8) is 0 Å². The minimum atomic E-state index is -1.79. The number of hydrogen-bond acceptors (Lipinski definition) is 13. The highest BCUT2D eigenvalue weighted by molar-refractivity contribution is 5.76. The van der Waals surface area contributed by atoms with Crippen molar-refractivity contribution in [1.29, 1.82) is 0 Å². The number of aliphatic hydroxyl groups excluding tert-OH is 8. The fourth-order valence-electron chi connectivity index (χ4n) is 7.87. The van der Waals surface area contributed by atoms with E-state index in [0.29, 0.717) is 6.42 Å². The minimum Gasteiger partial charge on any atom is -0.394 e. The van der Waals surface area contributed by atoms with Gasteiger partial charge < -0.3 is 65.1 Å². The monoisotopic (exact) mass is 924 g/mol. The van der Waals surface area contributed by atoms with Gasteiger partial charge in [0.15, 0.2) is 12.6 Å². The maximum absolute atomic E-state index is 13.1. The lowest BCUT2D eigenvalue weighted by Crippen LogP contribution is -2.65. The average molecular weight is 924 g/mol. The van der Waals surface area contributed by atoms with Gasteiger partial charge in [-0.3, -0.25) is 4.79 Å². The number of rotatable bonds is 37. The van der Waals surface area contributed by atoms with Crippen LogP contribution in [0.15, 0.2) is 60.8 Å². The van der Waals surface area contributed by atoms with Gasteiger partial charge in [-0.1, -0.05) is 158 Å². The second-order valence-corrected chi connectivity index (χ2v) is 17.6. The van der Waals surface area contributed by atoms with Gasteiger partial charge in [0.2, 0.25) is 5.91 Å². The molecule has 0 aliphatic carbocycles. The van der Waals surface area contributed by atoms with E-state index in [4.69, 9.17) is 18.9 Å². The fraction of sp³-hybridized carbons (Fsp3) is 0.784. The van der Waals surface area contributed by atoms with Crippen molar-refractivity contribution in [3.8, 4) is 0 Å². The average Bonchev–Trinajstić information content (AvgIpc) is 3.30. The first-order valence-electron chi connectivity index (χ1n) is 25.0. The Kier molecular flexibility index (Phi) is 34.1. The van der Waals surface area contributed by atoms with E-state index >= 15 is 0 Å². The van der Waals surface area contributed by atoms with E-state index < -0.39 is 86.8 Å². The Balaban J connectivity index is 1.89. The first kappa shape index (κ1) is 58.8. The highest BCUT2D eigenvalue weighted by Crippen LogP contribution is 2.30. The molecule has 0 spiro atoms. The van der Waals surface area contributed by atoms with Crippen LogP contribution in [0.5, 0.6) is 0 Å². The molecule has 2 aliphatic heterocycles. The topological polar surface area (TPSA) is 228 Å². The number of carbonyl (C=O) groups is 1. The van der Waals surface area contributed by atoms with Crippen LogP contribution in [0.4, 0.5) is 0 Å². The van der Waals surface area contributed by atoms with Crippen LogP contribution in [0.1, 0.15) is 162 Å². The highest BCUT2D eigenvalue weighted by atomic mass is 16.7. The summed E-state index contributed by atoms with van der Waals surface area (Å²) in [7, 11) is 0. The number of allylic oxidation sites excluding steroid dienone is 9. The quantitative estimate of drug-likeness (QED) is 0.0248. The van der Waals surface area contributed by atoms with Gasteiger partial charge in [0.1, 0.15) is 48.8 Å². The number of amides is 1. The van der Waals surface area contributed by atoms with Gasteiger partial charge in [0.05, 0.1) is 32.0 Å². The van der Waals surface area contributed by atoms with E-state index in [0.717, 1.165) is 57.8 Å². The summed E-state index contributed by atoms with van der Waals surface area (Å²) in [4.78, 5) is 13.1. The Bertz CT molecular complexity index is 1320. The van der Waals surface area contributed by atoms with Gasteiger partial charge >= 0.3 is 0 Å². The molecule has 376 valence electrons. The highest BCUT2D eigenvalue weighted by Gasteiger charge is 2.51. The SMILES string of the molecule is CC/C=C\C/C=C\C/C=C\C/C=C\CCCCC(=O)NC(COC1OC(CO)C(OC2OC(CO)C(O)C(O)C2O)C(O)C1O)C(O)/C=C/CCCCCCCCCCCCCCCC. The number of nitrogens with one attached hydrogen (secondary N) is 1. The molecule has 0 saturated carbocycles. The Morgan fingerprint density at radius 3 is 1.63 bits per heavy atom. The number of ether oxygens (including phenoxy) is 4. The Morgan fingerprint density at radius 1 is 0.569 bits per heavy atom. The normalized spacial score (nSPS) is 27.5. The summed E-state index contributed by atoms with van der Waals surface area (Å²) in [6, 6.07) is -0.937. The summed E-state index contributed by atoms with van der Waals surface area (Å²) in [6.45, 7) is 2.62. The maximum atomic E-state index is 13.1. The van der Waals surface area contributed by atoms with Gasteiger partial charge in [-0.2, -0.15) is 0 Å². The summed E-state index contributed by atoms with van der Waals surface area (Å²) < 4.78 is 22.7. The lowest BCUT2D eigenvalue weighted by Gasteiger charge is -2.46. The number of aliphatic hydroxyl groups is 8. The van der Waals surface area contributed by atoms with Crippen LogP contribution in [-0.2, 0) is 23.7 Å². The van der Waals surface area contributed by atoms with E-state index in [-0.39, 0.29) is 18.9 Å². The van der Waals surface area contributed by atoms with Crippen molar-refractivity contribution < 1.29 is 64.6 Å². The fourth-order valence-corrected chi connectivity index (χ4v) is 7.87. The molecule has 0 bridgehead atoms. The van der Waals surface area contributed by atoms with Crippen LogP contribution < -0.4 is 5.32 Å². The summed E-state index contributed by atoms with van der Waals surface area (Å²) >= 11 is 0. The molecule has 12 unspecified atom stereocenters. The molecular weight excluding hydrogens is 835 g/mol. The Labute approximate surface area is 390 Å².